The van der Waals surface area contributed by atoms with E-state index in [1.165, 1.54) is 24.3 Å². The summed E-state index contributed by atoms with van der Waals surface area (Å²) in [6.07, 6.45) is 1.04. The van der Waals surface area contributed by atoms with Crippen LogP contribution in [-0.4, -0.2) is 28.4 Å². The number of benzene rings is 2. The Morgan fingerprint density at radius 3 is 2.22 bits per heavy atom. The second kappa shape index (κ2) is 7.49. The molecule has 3 rings (SSSR count). The van der Waals surface area contributed by atoms with Gasteiger partial charge in [-0.1, -0.05) is 30.3 Å². The Hall–Kier alpha value is -3.35. The third-order valence-electron chi connectivity index (χ3n) is 4.63. The van der Waals surface area contributed by atoms with Gasteiger partial charge in [0.05, 0.1) is 12.5 Å². The third kappa shape index (κ3) is 4.44. The Labute approximate surface area is 156 Å². The van der Waals surface area contributed by atoms with Crippen molar-refractivity contribution in [3.05, 3.63) is 65.7 Å². The Morgan fingerprint density at radius 1 is 1.04 bits per heavy atom. The minimum Gasteiger partial charge on any atom is -0.508 e. The lowest BCUT2D eigenvalue weighted by atomic mass is 10.0. The summed E-state index contributed by atoms with van der Waals surface area (Å²) in [5.74, 6) is -1.20. The average Bonchev–Trinajstić information content (AvgIpc) is 3.43. The zero-order chi connectivity index (χ0) is 19.4. The van der Waals surface area contributed by atoms with E-state index >= 15 is 0 Å². The van der Waals surface area contributed by atoms with Crippen molar-refractivity contribution in [1.82, 2.24) is 10.6 Å². The number of carbonyl (C=O) groups excluding carboxylic acids is 3. The lowest BCUT2D eigenvalue weighted by Crippen LogP contribution is -2.47. The molecule has 1 fully saturated rings. The number of hydrogen-bond donors (Lipinski definition) is 4. The van der Waals surface area contributed by atoms with Crippen molar-refractivity contribution < 1.29 is 19.5 Å². The minimum absolute atomic E-state index is 0.0249. The van der Waals surface area contributed by atoms with E-state index in [2.05, 4.69) is 10.6 Å². The summed E-state index contributed by atoms with van der Waals surface area (Å²) in [6.45, 7) is 0. The van der Waals surface area contributed by atoms with Crippen molar-refractivity contribution in [2.24, 2.45) is 5.73 Å². The first-order chi connectivity index (χ1) is 12.9. The number of phenols is 1. The Morgan fingerprint density at radius 2 is 1.67 bits per heavy atom. The van der Waals surface area contributed by atoms with Crippen LogP contribution in [0.25, 0.3) is 0 Å². The van der Waals surface area contributed by atoms with Crippen LogP contribution in [0.4, 0.5) is 0 Å². The number of amides is 3. The van der Waals surface area contributed by atoms with Gasteiger partial charge >= 0.3 is 0 Å². The number of aromatic hydroxyl groups is 1. The van der Waals surface area contributed by atoms with Crippen LogP contribution < -0.4 is 16.4 Å². The van der Waals surface area contributed by atoms with Crippen molar-refractivity contribution in [3.63, 3.8) is 0 Å². The molecule has 1 aliphatic carbocycles. The van der Waals surface area contributed by atoms with Crippen molar-refractivity contribution in [1.29, 1.82) is 0 Å². The first-order valence-corrected chi connectivity index (χ1v) is 8.65. The molecule has 0 saturated heterocycles. The highest BCUT2D eigenvalue weighted by Gasteiger charge is 2.49. The predicted molar refractivity (Wildman–Crippen MR) is 98.7 cm³/mol. The molecule has 1 unspecified atom stereocenters. The van der Waals surface area contributed by atoms with Crippen molar-refractivity contribution >= 4 is 17.7 Å². The highest BCUT2D eigenvalue weighted by atomic mass is 16.3. The largest absolute Gasteiger partial charge is 0.508 e. The lowest BCUT2D eigenvalue weighted by molar-refractivity contribution is -0.128. The molecule has 0 bridgehead atoms. The van der Waals surface area contributed by atoms with Gasteiger partial charge in [0.1, 0.15) is 11.3 Å². The molecule has 0 heterocycles. The molecule has 2 aromatic rings. The number of rotatable bonds is 7. The van der Waals surface area contributed by atoms with Gasteiger partial charge in [-0.15, -0.1) is 0 Å². The number of nitrogens with one attached hydrogen (secondary N) is 2. The molecule has 27 heavy (non-hydrogen) atoms. The topological polar surface area (TPSA) is 122 Å². The Bertz CT molecular complexity index is 845. The summed E-state index contributed by atoms with van der Waals surface area (Å²) >= 11 is 0. The molecule has 1 atom stereocenters. The number of phenolic OH excluding ortho intramolecular Hbond substituents is 1. The first kappa shape index (κ1) is 18.4. The highest BCUT2D eigenvalue weighted by molar-refractivity contribution is 5.95. The SMILES string of the molecule is NC(=O)C1(NC(=O)CC(NC(=O)c2ccc(O)cc2)c2ccccc2)CC1. The third-order valence-corrected chi connectivity index (χ3v) is 4.63. The van der Waals surface area contributed by atoms with Gasteiger partial charge in [-0.25, -0.2) is 0 Å². The van der Waals surface area contributed by atoms with Crippen molar-refractivity contribution in [3.8, 4) is 5.75 Å². The monoisotopic (exact) mass is 367 g/mol. The van der Waals surface area contributed by atoms with Crippen LogP contribution in [0.15, 0.2) is 54.6 Å². The number of carbonyl (C=O) groups is 3. The molecule has 0 aromatic heterocycles. The van der Waals surface area contributed by atoms with Gasteiger partial charge in [0.25, 0.3) is 5.91 Å². The van der Waals surface area contributed by atoms with Gasteiger partial charge in [0.2, 0.25) is 11.8 Å². The second-order valence-electron chi connectivity index (χ2n) is 6.68. The molecule has 7 nitrogen and oxygen atoms in total. The highest BCUT2D eigenvalue weighted by Crippen LogP contribution is 2.35. The minimum atomic E-state index is -0.945. The molecular formula is C20H21N3O4. The molecule has 2 aromatic carbocycles. The van der Waals surface area contributed by atoms with E-state index in [1.807, 2.05) is 30.3 Å². The smallest absolute Gasteiger partial charge is 0.251 e. The zero-order valence-corrected chi connectivity index (χ0v) is 14.6. The molecule has 5 N–H and O–H groups in total. The van der Waals surface area contributed by atoms with Crippen LogP contribution in [0.2, 0.25) is 0 Å². The number of hydrogen-bond acceptors (Lipinski definition) is 4. The molecule has 3 amide bonds. The maximum atomic E-state index is 12.5. The van der Waals surface area contributed by atoms with Crippen molar-refractivity contribution in [2.75, 3.05) is 0 Å². The molecule has 1 aliphatic rings. The molecule has 0 radical (unpaired) electrons. The summed E-state index contributed by atoms with van der Waals surface area (Å²) in [5, 5.41) is 14.9. The van der Waals surface area contributed by atoms with Crippen LogP contribution in [0.5, 0.6) is 5.75 Å². The summed E-state index contributed by atoms with van der Waals surface area (Å²) in [7, 11) is 0. The summed E-state index contributed by atoms with van der Waals surface area (Å²) in [5.41, 5.74) is 5.54. The van der Waals surface area contributed by atoms with E-state index in [0.717, 1.165) is 5.56 Å². The number of primary amides is 1. The van der Waals surface area contributed by atoms with Gasteiger partial charge in [0, 0.05) is 5.56 Å². The lowest BCUT2D eigenvalue weighted by Gasteiger charge is -2.21. The Kier molecular flexibility index (Phi) is 5.12. The first-order valence-electron chi connectivity index (χ1n) is 8.65. The van der Waals surface area contributed by atoms with Crippen LogP contribution in [-0.2, 0) is 9.59 Å². The maximum absolute atomic E-state index is 12.5. The van der Waals surface area contributed by atoms with E-state index in [1.54, 1.807) is 0 Å². The van der Waals surface area contributed by atoms with Crippen LogP contribution >= 0.6 is 0 Å². The van der Waals surface area contributed by atoms with Gasteiger partial charge in [-0.3, -0.25) is 14.4 Å². The van der Waals surface area contributed by atoms with Crippen LogP contribution in [0, 0.1) is 0 Å². The van der Waals surface area contributed by atoms with Gasteiger partial charge < -0.3 is 21.5 Å². The molecule has 1 saturated carbocycles. The average molecular weight is 367 g/mol. The van der Waals surface area contributed by atoms with E-state index in [0.29, 0.717) is 18.4 Å². The maximum Gasteiger partial charge on any atom is 0.251 e. The van der Waals surface area contributed by atoms with Gasteiger partial charge in [-0.05, 0) is 42.7 Å². The fourth-order valence-electron chi connectivity index (χ4n) is 2.85. The molecule has 0 spiro atoms. The van der Waals surface area contributed by atoms with Crippen molar-refractivity contribution in [2.45, 2.75) is 30.8 Å². The fourth-order valence-corrected chi connectivity index (χ4v) is 2.85. The molecular weight excluding hydrogens is 346 g/mol. The summed E-state index contributed by atoms with van der Waals surface area (Å²) in [6, 6.07) is 14.4. The van der Waals surface area contributed by atoms with Gasteiger partial charge in [0.15, 0.2) is 0 Å². The van der Waals surface area contributed by atoms with Crippen LogP contribution in [0.3, 0.4) is 0 Å². The van der Waals surface area contributed by atoms with Gasteiger partial charge in [-0.2, -0.15) is 0 Å². The fraction of sp³-hybridized carbons (Fsp3) is 0.250. The molecule has 0 aliphatic heterocycles. The normalized spacial score (nSPS) is 15.4. The quantitative estimate of drug-likeness (QED) is 0.591. The van der Waals surface area contributed by atoms with E-state index in [9.17, 15) is 19.5 Å². The van der Waals surface area contributed by atoms with E-state index in [4.69, 9.17) is 5.73 Å². The summed E-state index contributed by atoms with van der Waals surface area (Å²) in [4.78, 5) is 36.5. The predicted octanol–water partition coefficient (Wildman–Crippen LogP) is 1.39. The van der Waals surface area contributed by atoms with Crippen LogP contribution in [0.1, 0.15) is 41.2 Å². The zero-order valence-electron chi connectivity index (χ0n) is 14.6. The summed E-state index contributed by atoms with van der Waals surface area (Å²) < 4.78 is 0. The molecule has 140 valence electrons. The molecule has 7 heteroatoms. The van der Waals surface area contributed by atoms with E-state index in [-0.39, 0.29) is 24.0 Å². The Balaban J connectivity index is 1.73. The van der Waals surface area contributed by atoms with E-state index < -0.39 is 17.5 Å². The number of nitrogens with two attached hydrogens (primary N) is 1. The second-order valence-corrected chi connectivity index (χ2v) is 6.68. The standard InChI is InChI=1S/C20H21N3O4/c21-19(27)20(10-11-20)23-17(25)12-16(13-4-2-1-3-5-13)22-18(26)14-6-8-15(24)9-7-14/h1-9,16,24H,10-12H2,(H2,21,27)(H,22,26)(H,23,25).